The molecule has 0 saturated carbocycles. The van der Waals surface area contributed by atoms with Crippen LogP contribution in [-0.2, 0) is 11.9 Å². The lowest BCUT2D eigenvalue weighted by Gasteiger charge is -2.08. The second kappa shape index (κ2) is 6.62. The number of hydrogen-bond donors (Lipinski definition) is 0. The zero-order valence-corrected chi connectivity index (χ0v) is 12.3. The lowest BCUT2D eigenvalue weighted by molar-refractivity contribution is -0.385. The van der Waals surface area contributed by atoms with Gasteiger partial charge < -0.3 is 4.74 Å². The molecule has 7 heteroatoms. The van der Waals surface area contributed by atoms with E-state index in [2.05, 4.69) is 15.9 Å². The average molecular weight is 358 g/mol. The largest absolute Gasteiger partial charge is 0.489 e. The maximum absolute atomic E-state index is 13.3. The molecule has 0 aliphatic rings. The Hall–Kier alpha value is -2.02. The molecule has 0 fully saturated rings. The minimum Gasteiger partial charge on any atom is -0.489 e. The molecule has 0 bridgehead atoms. The Labute approximate surface area is 127 Å². The van der Waals surface area contributed by atoms with Gasteiger partial charge in [0.2, 0.25) is 0 Å². The fourth-order valence-electron chi connectivity index (χ4n) is 1.77. The molecule has 0 saturated heterocycles. The van der Waals surface area contributed by atoms with Crippen LogP contribution in [0.25, 0.3) is 0 Å². The molecule has 0 radical (unpaired) electrons. The van der Waals surface area contributed by atoms with Crippen LogP contribution in [0, 0.1) is 21.7 Å². The Morgan fingerprint density at radius 1 is 1.05 bits per heavy atom. The number of rotatable bonds is 5. The van der Waals surface area contributed by atoms with Gasteiger partial charge in [-0.1, -0.05) is 15.9 Å². The van der Waals surface area contributed by atoms with Crippen LogP contribution in [0.3, 0.4) is 0 Å². The maximum atomic E-state index is 13.3. The molecule has 0 aliphatic carbocycles. The van der Waals surface area contributed by atoms with Gasteiger partial charge in [-0.3, -0.25) is 10.1 Å². The lowest BCUT2D eigenvalue weighted by atomic mass is 10.2. The molecule has 110 valence electrons. The van der Waals surface area contributed by atoms with E-state index in [-0.39, 0.29) is 18.0 Å². The predicted molar refractivity (Wildman–Crippen MR) is 76.4 cm³/mol. The highest BCUT2D eigenvalue weighted by molar-refractivity contribution is 9.08. The number of nitro benzene ring substituents is 1. The van der Waals surface area contributed by atoms with Crippen LogP contribution >= 0.6 is 15.9 Å². The van der Waals surface area contributed by atoms with Crippen molar-refractivity contribution in [2.75, 3.05) is 0 Å². The highest BCUT2D eigenvalue weighted by atomic mass is 79.9. The first-order valence-electron chi connectivity index (χ1n) is 5.90. The molecular formula is C14H10BrF2NO3. The summed E-state index contributed by atoms with van der Waals surface area (Å²) in [5.41, 5.74) is 0.635. The second-order valence-corrected chi connectivity index (χ2v) is 4.85. The van der Waals surface area contributed by atoms with Crippen LogP contribution in [0.2, 0.25) is 0 Å². The van der Waals surface area contributed by atoms with Gasteiger partial charge in [0.25, 0.3) is 5.69 Å². The molecule has 0 atom stereocenters. The number of nitro groups is 1. The molecule has 0 aromatic heterocycles. The van der Waals surface area contributed by atoms with Crippen molar-refractivity contribution >= 4 is 21.6 Å². The van der Waals surface area contributed by atoms with Gasteiger partial charge in [-0.2, -0.15) is 0 Å². The molecule has 0 unspecified atom stereocenters. The maximum Gasteiger partial charge on any atom is 0.272 e. The van der Waals surface area contributed by atoms with Crippen LogP contribution in [-0.4, -0.2) is 4.92 Å². The van der Waals surface area contributed by atoms with Gasteiger partial charge in [-0.25, -0.2) is 8.78 Å². The molecule has 0 N–H and O–H groups in total. The lowest BCUT2D eigenvalue weighted by Crippen LogP contribution is -1.99. The Kier molecular flexibility index (Phi) is 4.85. The van der Waals surface area contributed by atoms with E-state index in [1.54, 1.807) is 6.07 Å². The smallest absolute Gasteiger partial charge is 0.272 e. The molecule has 0 amide bonds. The number of halogens is 3. The van der Waals surface area contributed by atoms with Crippen LogP contribution in [0.5, 0.6) is 5.75 Å². The molecule has 4 nitrogen and oxygen atoms in total. The molecule has 0 aliphatic heterocycles. The van der Waals surface area contributed by atoms with E-state index in [1.165, 1.54) is 18.2 Å². The molecule has 21 heavy (non-hydrogen) atoms. The van der Waals surface area contributed by atoms with Gasteiger partial charge in [-0.15, -0.1) is 0 Å². The zero-order chi connectivity index (χ0) is 15.4. The summed E-state index contributed by atoms with van der Waals surface area (Å²) in [6.45, 7) is -0.0935. The molecule has 0 heterocycles. The number of benzene rings is 2. The third kappa shape index (κ3) is 4.22. The van der Waals surface area contributed by atoms with E-state index < -0.39 is 16.6 Å². The number of ether oxygens (including phenoxy) is 1. The minimum atomic E-state index is -0.719. The third-order valence-electron chi connectivity index (χ3n) is 2.64. The van der Waals surface area contributed by atoms with Crippen molar-refractivity contribution in [3.05, 3.63) is 69.3 Å². The number of hydrogen-bond acceptors (Lipinski definition) is 3. The van der Waals surface area contributed by atoms with Gasteiger partial charge in [0.05, 0.1) is 11.0 Å². The van der Waals surface area contributed by atoms with Gasteiger partial charge >= 0.3 is 0 Å². The van der Waals surface area contributed by atoms with Crippen LogP contribution < -0.4 is 4.74 Å². The van der Waals surface area contributed by atoms with Crippen LogP contribution in [0.4, 0.5) is 14.5 Å². The quantitative estimate of drug-likeness (QED) is 0.454. The van der Waals surface area contributed by atoms with Gasteiger partial charge in [0.1, 0.15) is 24.0 Å². The van der Waals surface area contributed by atoms with E-state index in [1.807, 2.05) is 0 Å². The normalized spacial score (nSPS) is 10.4. The van der Waals surface area contributed by atoms with Gasteiger partial charge in [-0.05, 0) is 29.3 Å². The van der Waals surface area contributed by atoms with Gasteiger partial charge in [0.15, 0.2) is 0 Å². The van der Waals surface area contributed by atoms with E-state index in [9.17, 15) is 18.9 Å². The SMILES string of the molecule is O=[N+]([O-])c1cc(F)cc(COc2cc(F)cc(CBr)c2)c1. The topological polar surface area (TPSA) is 52.4 Å². The Morgan fingerprint density at radius 2 is 1.71 bits per heavy atom. The Balaban J connectivity index is 2.16. The van der Waals surface area contributed by atoms with Crippen molar-refractivity contribution in [2.45, 2.75) is 11.9 Å². The fourth-order valence-corrected chi connectivity index (χ4v) is 2.09. The highest BCUT2D eigenvalue weighted by Gasteiger charge is 2.10. The summed E-state index contributed by atoms with van der Waals surface area (Å²) in [5, 5.41) is 11.1. The molecular weight excluding hydrogens is 348 g/mol. The Bertz CT molecular complexity index is 679. The van der Waals surface area contributed by atoms with Crippen molar-refractivity contribution in [3.63, 3.8) is 0 Å². The highest BCUT2D eigenvalue weighted by Crippen LogP contribution is 2.21. The van der Waals surface area contributed by atoms with E-state index >= 15 is 0 Å². The van der Waals surface area contributed by atoms with Crippen molar-refractivity contribution in [2.24, 2.45) is 0 Å². The van der Waals surface area contributed by atoms with E-state index in [0.717, 1.165) is 12.1 Å². The summed E-state index contributed by atoms with van der Waals surface area (Å²) in [5.74, 6) is -0.897. The van der Waals surface area contributed by atoms with Crippen LogP contribution in [0.1, 0.15) is 11.1 Å². The summed E-state index contributed by atoms with van der Waals surface area (Å²) in [6.07, 6.45) is 0. The van der Waals surface area contributed by atoms with E-state index in [4.69, 9.17) is 4.74 Å². The second-order valence-electron chi connectivity index (χ2n) is 4.29. The molecule has 0 spiro atoms. The zero-order valence-electron chi connectivity index (χ0n) is 10.7. The fraction of sp³-hybridized carbons (Fsp3) is 0.143. The van der Waals surface area contributed by atoms with Crippen LogP contribution in [0.15, 0.2) is 36.4 Å². The first-order chi connectivity index (χ1) is 9.97. The summed E-state index contributed by atoms with van der Waals surface area (Å²) in [7, 11) is 0. The summed E-state index contributed by atoms with van der Waals surface area (Å²) < 4.78 is 31.9. The van der Waals surface area contributed by atoms with Crippen molar-refractivity contribution in [1.82, 2.24) is 0 Å². The minimum absolute atomic E-state index is 0.0935. The number of alkyl halides is 1. The average Bonchev–Trinajstić information content (AvgIpc) is 2.44. The van der Waals surface area contributed by atoms with Gasteiger partial charge in [0, 0.05) is 17.5 Å². The molecule has 2 rings (SSSR count). The predicted octanol–water partition coefficient (Wildman–Crippen LogP) is 4.35. The molecule has 2 aromatic rings. The monoisotopic (exact) mass is 357 g/mol. The number of nitrogens with zero attached hydrogens (tertiary/aromatic N) is 1. The first-order valence-corrected chi connectivity index (χ1v) is 7.02. The van der Waals surface area contributed by atoms with Crippen molar-refractivity contribution in [3.8, 4) is 5.75 Å². The Morgan fingerprint density at radius 3 is 2.38 bits per heavy atom. The standard InChI is InChI=1S/C14H10BrF2NO3/c15-7-9-1-12(17)6-14(4-9)21-8-10-2-11(16)5-13(3-10)18(19)20/h1-6H,7-8H2. The summed E-state index contributed by atoms with van der Waals surface area (Å²) in [4.78, 5) is 9.97. The summed E-state index contributed by atoms with van der Waals surface area (Å²) >= 11 is 3.21. The third-order valence-corrected chi connectivity index (χ3v) is 3.29. The van der Waals surface area contributed by atoms with Crippen molar-refractivity contribution in [1.29, 1.82) is 0 Å². The summed E-state index contributed by atoms with van der Waals surface area (Å²) in [6, 6.07) is 7.36. The first kappa shape index (κ1) is 15.4. The number of non-ortho nitro benzene ring substituents is 1. The van der Waals surface area contributed by atoms with E-state index in [0.29, 0.717) is 16.5 Å². The van der Waals surface area contributed by atoms with Crippen molar-refractivity contribution < 1.29 is 18.4 Å². The molecule has 2 aromatic carbocycles.